The molecule has 0 fully saturated rings. The molecule has 1 heterocycles. The average Bonchev–Trinajstić information content (AvgIpc) is 2.58. The molecule has 1 unspecified atom stereocenters. The van der Waals surface area contributed by atoms with Gasteiger partial charge in [0.25, 0.3) is 11.8 Å². The Balaban J connectivity index is 2.70. The van der Waals surface area contributed by atoms with E-state index in [1.165, 1.54) is 6.08 Å². The second-order valence-corrected chi connectivity index (χ2v) is 4.30. The Morgan fingerprint density at radius 2 is 2.05 bits per heavy atom. The van der Waals surface area contributed by atoms with Crippen molar-refractivity contribution < 1.29 is 19.2 Å². The first-order chi connectivity index (χ1) is 8.93. The van der Waals surface area contributed by atoms with Crippen molar-refractivity contribution in [2.24, 2.45) is 0 Å². The van der Waals surface area contributed by atoms with Crippen LogP contribution in [0.2, 0.25) is 0 Å². The Bertz CT molecular complexity index is 479. The molecule has 1 aliphatic heterocycles. The van der Waals surface area contributed by atoms with Gasteiger partial charge in [-0.3, -0.25) is 29.4 Å². The van der Waals surface area contributed by atoms with Gasteiger partial charge in [0.2, 0.25) is 12.3 Å². The minimum Gasteiger partial charge on any atom is -0.299 e. The first-order valence-corrected chi connectivity index (χ1v) is 5.88. The minimum absolute atomic E-state index is 0.0689. The largest absolute Gasteiger partial charge is 0.299 e. The first-order valence-electron chi connectivity index (χ1n) is 5.88. The molecule has 102 valence electrons. The van der Waals surface area contributed by atoms with Crippen molar-refractivity contribution >= 4 is 24.1 Å². The molecule has 1 atom stereocenters. The van der Waals surface area contributed by atoms with Gasteiger partial charge in [-0.05, 0) is 20.3 Å². The number of nitrogens with one attached hydrogen (secondary N) is 1. The van der Waals surface area contributed by atoms with Crippen LogP contribution >= 0.6 is 0 Å². The van der Waals surface area contributed by atoms with Crippen molar-refractivity contribution in [3.05, 3.63) is 23.8 Å². The summed E-state index contributed by atoms with van der Waals surface area (Å²) in [6.45, 7) is 6.77. The van der Waals surface area contributed by atoms with Crippen LogP contribution in [0.15, 0.2) is 23.8 Å². The molecule has 6 heteroatoms. The van der Waals surface area contributed by atoms with E-state index in [2.05, 4.69) is 6.58 Å². The van der Waals surface area contributed by atoms with Gasteiger partial charge < -0.3 is 0 Å². The van der Waals surface area contributed by atoms with Gasteiger partial charge in [0.15, 0.2) is 0 Å². The molecule has 0 aliphatic carbocycles. The maximum atomic E-state index is 12.0. The van der Waals surface area contributed by atoms with Crippen LogP contribution in [-0.4, -0.2) is 35.1 Å². The van der Waals surface area contributed by atoms with Crippen LogP contribution in [0.3, 0.4) is 0 Å². The maximum absolute atomic E-state index is 12.0. The summed E-state index contributed by atoms with van der Waals surface area (Å²) in [4.78, 5) is 46.3. The lowest BCUT2D eigenvalue weighted by Crippen LogP contribution is -2.40. The molecule has 0 aromatic carbocycles. The second-order valence-electron chi connectivity index (χ2n) is 4.30. The molecule has 0 aromatic rings. The van der Waals surface area contributed by atoms with Crippen LogP contribution in [0.5, 0.6) is 0 Å². The monoisotopic (exact) mass is 264 g/mol. The Morgan fingerprint density at radius 1 is 1.42 bits per heavy atom. The summed E-state index contributed by atoms with van der Waals surface area (Å²) in [7, 11) is 0. The van der Waals surface area contributed by atoms with Crippen molar-refractivity contribution in [3.8, 4) is 0 Å². The van der Waals surface area contributed by atoms with Crippen LogP contribution in [0.4, 0.5) is 0 Å². The second kappa shape index (κ2) is 6.08. The summed E-state index contributed by atoms with van der Waals surface area (Å²) in [6, 6.07) is -0.412. The quantitative estimate of drug-likeness (QED) is 0.552. The fourth-order valence-electron chi connectivity index (χ4n) is 1.93. The van der Waals surface area contributed by atoms with E-state index in [1.807, 2.05) is 5.32 Å². The lowest BCUT2D eigenvalue weighted by atomic mass is 10.1. The topological polar surface area (TPSA) is 83.6 Å². The maximum Gasteiger partial charge on any atom is 0.261 e. The molecule has 0 bridgehead atoms. The normalized spacial score (nSPS) is 16.6. The van der Waals surface area contributed by atoms with Gasteiger partial charge in [-0.1, -0.05) is 12.7 Å². The fourth-order valence-corrected chi connectivity index (χ4v) is 1.93. The standard InChI is InChI=1S/C13H16N2O4/c1-4-10-9(3)12(18)15(13(10)19)8(2)5-6-11(17)14-7-16/h4,7-8H,1,5-6H2,2-3H3,(H,14,16,17). The molecule has 6 nitrogen and oxygen atoms in total. The number of nitrogens with zero attached hydrogens (tertiary/aromatic N) is 1. The predicted molar refractivity (Wildman–Crippen MR) is 67.7 cm³/mol. The van der Waals surface area contributed by atoms with Gasteiger partial charge >= 0.3 is 0 Å². The van der Waals surface area contributed by atoms with Crippen LogP contribution < -0.4 is 5.32 Å². The minimum atomic E-state index is -0.436. The average molecular weight is 264 g/mol. The van der Waals surface area contributed by atoms with Crippen LogP contribution in [-0.2, 0) is 19.2 Å². The van der Waals surface area contributed by atoms with E-state index in [9.17, 15) is 19.2 Å². The number of carbonyl (C=O) groups is 4. The molecule has 0 saturated carbocycles. The van der Waals surface area contributed by atoms with E-state index in [4.69, 9.17) is 0 Å². The lowest BCUT2D eigenvalue weighted by molar-refractivity contribution is -0.140. The Kier molecular flexibility index (Phi) is 4.74. The van der Waals surface area contributed by atoms with Gasteiger partial charge in [0.05, 0.1) is 0 Å². The smallest absolute Gasteiger partial charge is 0.261 e. The highest BCUT2D eigenvalue weighted by Crippen LogP contribution is 2.24. The zero-order chi connectivity index (χ0) is 14.6. The predicted octanol–water partition coefficient (Wildman–Crippen LogP) is 0.299. The first kappa shape index (κ1) is 14.8. The fraction of sp³-hybridized carbons (Fsp3) is 0.385. The van der Waals surface area contributed by atoms with E-state index in [0.717, 1.165) is 4.90 Å². The van der Waals surface area contributed by atoms with Crippen LogP contribution in [0.1, 0.15) is 26.7 Å². The van der Waals surface area contributed by atoms with Crippen molar-refractivity contribution in [1.82, 2.24) is 10.2 Å². The van der Waals surface area contributed by atoms with E-state index in [-0.39, 0.29) is 18.2 Å². The Labute approximate surface area is 111 Å². The molecule has 1 aliphatic rings. The molecule has 1 rings (SSSR count). The number of carbonyl (C=O) groups excluding carboxylic acids is 4. The van der Waals surface area contributed by atoms with E-state index < -0.39 is 11.9 Å². The molecule has 1 N–H and O–H groups in total. The number of hydrogen-bond donors (Lipinski definition) is 1. The summed E-state index contributed by atoms with van der Waals surface area (Å²) >= 11 is 0. The van der Waals surface area contributed by atoms with E-state index in [1.54, 1.807) is 13.8 Å². The molecular formula is C13H16N2O4. The highest BCUT2D eigenvalue weighted by atomic mass is 16.2. The SMILES string of the molecule is C=CC1=C(C)C(=O)N(C(C)CCC(=O)NC=O)C1=O. The van der Waals surface area contributed by atoms with Crippen molar-refractivity contribution in [3.63, 3.8) is 0 Å². The van der Waals surface area contributed by atoms with Gasteiger partial charge in [-0.25, -0.2) is 0 Å². The highest BCUT2D eigenvalue weighted by Gasteiger charge is 2.37. The van der Waals surface area contributed by atoms with Gasteiger partial charge in [0.1, 0.15) is 0 Å². The Hall–Kier alpha value is -2.24. The molecule has 19 heavy (non-hydrogen) atoms. The summed E-state index contributed by atoms with van der Waals surface area (Å²) in [5.74, 6) is -1.18. The molecule has 0 spiro atoms. The Morgan fingerprint density at radius 3 is 2.53 bits per heavy atom. The third-order valence-electron chi connectivity index (χ3n) is 3.05. The number of rotatable bonds is 6. The van der Waals surface area contributed by atoms with E-state index >= 15 is 0 Å². The molecular weight excluding hydrogens is 248 g/mol. The molecule has 0 aromatic heterocycles. The van der Waals surface area contributed by atoms with Crippen molar-refractivity contribution in [1.29, 1.82) is 0 Å². The highest BCUT2D eigenvalue weighted by molar-refractivity contribution is 6.20. The van der Waals surface area contributed by atoms with Crippen LogP contribution in [0, 0.1) is 0 Å². The lowest BCUT2D eigenvalue weighted by Gasteiger charge is -2.22. The zero-order valence-corrected chi connectivity index (χ0v) is 10.9. The summed E-state index contributed by atoms with van der Waals surface area (Å²) in [5, 5.41) is 2.01. The van der Waals surface area contributed by atoms with Gasteiger partial charge in [0, 0.05) is 23.6 Å². The van der Waals surface area contributed by atoms with E-state index in [0.29, 0.717) is 24.0 Å². The van der Waals surface area contributed by atoms with Crippen molar-refractivity contribution in [2.75, 3.05) is 0 Å². The number of hydrogen-bond acceptors (Lipinski definition) is 4. The molecule has 0 saturated heterocycles. The van der Waals surface area contributed by atoms with Gasteiger partial charge in [-0.2, -0.15) is 0 Å². The molecule has 4 amide bonds. The zero-order valence-electron chi connectivity index (χ0n) is 10.9. The number of imide groups is 2. The summed E-state index contributed by atoms with van der Waals surface area (Å²) < 4.78 is 0. The van der Waals surface area contributed by atoms with Crippen molar-refractivity contribution in [2.45, 2.75) is 32.7 Å². The number of amides is 4. The third kappa shape index (κ3) is 2.96. The third-order valence-corrected chi connectivity index (χ3v) is 3.05. The molecule has 0 radical (unpaired) electrons. The van der Waals surface area contributed by atoms with Crippen LogP contribution in [0.25, 0.3) is 0 Å². The summed E-state index contributed by atoms with van der Waals surface area (Å²) in [5.41, 5.74) is 0.665. The summed E-state index contributed by atoms with van der Waals surface area (Å²) in [6.07, 6.45) is 2.04. The van der Waals surface area contributed by atoms with Gasteiger partial charge in [-0.15, -0.1) is 0 Å².